The second-order valence-electron chi connectivity index (χ2n) is 2.91. The summed E-state index contributed by atoms with van der Waals surface area (Å²) < 4.78 is 41.2. The van der Waals surface area contributed by atoms with E-state index in [2.05, 4.69) is 4.74 Å². The molecule has 80 valence electrons. The molecule has 0 saturated carbocycles. The molecular weight excluding hydrogens is 207 g/mol. The molecule has 0 saturated heterocycles. The highest BCUT2D eigenvalue weighted by molar-refractivity contribution is 5.34. The third-order valence-corrected chi connectivity index (χ3v) is 1.63. The zero-order valence-corrected chi connectivity index (χ0v) is 7.71. The van der Waals surface area contributed by atoms with Crippen LogP contribution in [-0.2, 0) is 0 Å². The molecule has 1 rings (SSSR count). The molecule has 5 heteroatoms. The van der Waals surface area contributed by atoms with E-state index >= 15 is 0 Å². The Morgan fingerprint density at radius 2 is 1.87 bits per heavy atom. The highest BCUT2D eigenvalue weighted by Crippen LogP contribution is 2.18. The first-order valence-corrected chi connectivity index (χ1v) is 4.14. The van der Waals surface area contributed by atoms with Crippen LogP contribution < -0.4 is 4.74 Å². The van der Waals surface area contributed by atoms with Crippen molar-refractivity contribution in [3.63, 3.8) is 0 Å². The smallest absolute Gasteiger partial charge is 0.309 e. The van der Waals surface area contributed by atoms with Crippen LogP contribution in [0.1, 0.15) is 5.56 Å². The van der Waals surface area contributed by atoms with Crippen LogP contribution in [0.4, 0.5) is 13.2 Å². The Bertz CT molecular complexity index is 356. The Balaban J connectivity index is 2.56. The van der Waals surface area contributed by atoms with Gasteiger partial charge in [-0.05, 0) is 24.3 Å². The van der Waals surface area contributed by atoms with Gasteiger partial charge < -0.3 is 4.74 Å². The van der Waals surface area contributed by atoms with Crippen molar-refractivity contribution in [1.82, 2.24) is 0 Å². The van der Waals surface area contributed by atoms with Gasteiger partial charge in [-0.1, -0.05) is 0 Å². The molecule has 0 heterocycles. The van der Waals surface area contributed by atoms with Crippen molar-refractivity contribution in [3.8, 4) is 11.8 Å². The van der Waals surface area contributed by atoms with E-state index in [0.717, 1.165) is 0 Å². The molecule has 0 atom stereocenters. The zero-order chi connectivity index (χ0) is 11.3. The van der Waals surface area contributed by atoms with Crippen molar-refractivity contribution in [2.45, 2.75) is 5.92 Å². The molecule has 1 aromatic carbocycles. The first kappa shape index (κ1) is 11.4. The van der Waals surface area contributed by atoms with Crippen molar-refractivity contribution in [2.75, 3.05) is 13.3 Å². The third-order valence-electron chi connectivity index (χ3n) is 1.63. The van der Waals surface area contributed by atoms with Gasteiger partial charge in [-0.15, -0.1) is 0 Å². The Kier molecular flexibility index (Phi) is 3.56. The summed E-state index contributed by atoms with van der Waals surface area (Å²) in [7, 11) is 0. The molecule has 0 fully saturated rings. The summed E-state index contributed by atoms with van der Waals surface area (Å²) >= 11 is 0. The number of hydrogen-bond donors (Lipinski definition) is 0. The lowest BCUT2D eigenvalue weighted by atomic mass is 10.2. The Morgan fingerprint density at radius 3 is 2.33 bits per heavy atom. The molecule has 0 aliphatic heterocycles. The van der Waals surface area contributed by atoms with Crippen molar-refractivity contribution in [2.24, 2.45) is 0 Å². The first-order valence-electron chi connectivity index (χ1n) is 4.14. The van der Waals surface area contributed by atoms with Crippen LogP contribution in [-0.4, -0.2) is 19.2 Å². The monoisotopic (exact) mass is 215 g/mol. The van der Waals surface area contributed by atoms with Gasteiger partial charge in [0.1, 0.15) is 5.75 Å². The summed E-state index contributed by atoms with van der Waals surface area (Å²) in [5.41, 5.74) is 0.402. The molecule has 15 heavy (non-hydrogen) atoms. The highest BCUT2D eigenvalue weighted by atomic mass is 19.3. The second-order valence-corrected chi connectivity index (χ2v) is 2.91. The lowest BCUT2D eigenvalue weighted by molar-refractivity contribution is -0.0584. The molecule has 0 aliphatic rings. The van der Waals surface area contributed by atoms with Gasteiger partial charge in [-0.2, -0.15) is 14.0 Å². The van der Waals surface area contributed by atoms with Gasteiger partial charge >= 0.3 is 5.92 Å². The van der Waals surface area contributed by atoms with Gasteiger partial charge in [0.15, 0.2) is 13.3 Å². The number of nitriles is 1. The quantitative estimate of drug-likeness (QED) is 0.773. The van der Waals surface area contributed by atoms with Crippen molar-refractivity contribution < 1.29 is 17.9 Å². The average Bonchev–Trinajstić information content (AvgIpc) is 2.27. The van der Waals surface area contributed by atoms with E-state index < -0.39 is 19.2 Å². The predicted octanol–water partition coefficient (Wildman–Crippen LogP) is 2.54. The summed E-state index contributed by atoms with van der Waals surface area (Å²) in [6, 6.07) is 7.50. The molecule has 0 unspecified atom stereocenters. The number of rotatable bonds is 4. The minimum atomic E-state index is -3.46. The van der Waals surface area contributed by atoms with Gasteiger partial charge in [0.25, 0.3) is 0 Å². The van der Waals surface area contributed by atoms with E-state index in [1.807, 2.05) is 6.07 Å². The molecule has 0 aliphatic carbocycles. The minimum Gasteiger partial charge on any atom is -0.487 e. The van der Waals surface area contributed by atoms with E-state index in [-0.39, 0.29) is 5.75 Å². The molecule has 0 bridgehead atoms. The Morgan fingerprint density at radius 1 is 1.27 bits per heavy atom. The van der Waals surface area contributed by atoms with Crippen molar-refractivity contribution in [1.29, 1.82) is 5.26 Å². The fourth-order valence-electron chi connectivity index (χ4n) is 0.853. The van der Waals surface area contributed by atoms with Gasteiger partial charge in [0.05, 0.1) is 11.6 Å². The summed E-state index contributed by atoms with van der Waals surface area (Å²) in [6.45, 7) is -2.75. The van der Waals surface area contributed by atoms with Crippen LogP contribution in [0.15, 0.2) is 24.3 Å². The first-order chi connectivity index (χ1) is 7.07. The van der Waals surface area contributed by atoms with E-state index in [0.29, 0.717) is 5.56 Å². The minimum absolute atomic E-state index is 0.183. The molecule has 0 amide bonds. The van der Waals surface area contributed by atoms with Crippen LogP contribution >= 0.6 is 0 Å². The van der Waals surface area contributed by atoms with Crippen LogP contribution in [0.3, 0.4) is 0 Å². The maximum absolute atomic E-state index is 12.4. The van der Waals surface area contributed by atoms with Crippen LogP contribution in [0, 0.1) is 11.3 Å². The van der Waals surface area contributed by atoms with Crippen LogP contribution in [0.25, 0.3) is 0 Å². The second kappa shape index (κ2) is 4.69. The predicted molar refractivity (Wildman–Crippen MR) is 47.6 cm³/mol. The molecule has 1 aromatic rings. The summed E-state index contributed by atoms with van der Waals surface area (Å²) in [4.78, 5) is 0. The molecule has 2 nitrogen and oxygen atoms in total. The third kappa shape index (κ3) is 3.50. The SMILES string of the molecule is N#Cc1ccc(OCC(F)(F)CF)cc1. The summed E-state index contributed by atoms with van der Waals surface area (Å²) in [5, 5.41) is 8.47. The van der Waals surface area contributed by atoms with Gasteiger partial charge in [0, 0.05) is 0 Å². The normalized spacial score (nSPS) is 10.8. The largest absolute Gasteiger partial charge is 0.487 e. The van der Waals surface area contributed by atoms with E-state index in [1.165, 1.54) is 24.3 Å². The molecule has 0 spiro atoms. The summed E-state index contributed by atoms with van der Waals surface area (Å²) in [5.74, 6) is -3.28. The number of nitrogens with zero attached hydrogens (tertiary/aromatic N) is 1. The molecule has 0 radical (unpaired) electrons. The topological polar surface area (TPSA) is 33.0 Å². The fraction of sp³-hybridized carbons (Fsp3) is 0.300. The Hall–Kier alpha value is -1.70. The Labute approximate surface area is 84.9 Å². The van der Waals surface area contributed by atoms with Crippen LogP contribution in [0.2, 0.25) is 0 Å². The average molecular weight is 215 g/mol. The standard InChI is InChI=1S/C10H8F3NO/c11-6-10(12,13)7-15-9-3-1-8(5-14)2-4-9/h1-4H,6-7H2. The van der Waals surface area contributed by atoms with Crippen LogP contribution in [0.5, 0.6) is 5.75 Å². The number of hydrogen-bond acceptors (Lipinski definition) is 2. The van der Waals surface area contributed by atoms with Gasteiger partial charge in [0.2, 0.25) is 0 Å². The van der Waals surface area contributed by atoms with E-state index in [1.54, 1.807) is 0 Å². The maximum atomic E-state index is 12.4. The van der Waals surface area contributed by atoms with Gasteiger partial charge in [-0.25, -0.2) is 4.39 Å². The number of ether oxygens (including phenoxy) is 1. The van der Waals surface area contributed by atoms with E-state index in [4.69, 9.17) is 5.26 Å². The number of halogens is 3. The molecular formula is C10H8F3NO. The number of alkyl halides is 3. The van der Waals surface area contributed by atoms with E-state index in [9.17, 15) is 13.2 Å². The highest BCUT2D eigenvalue weighted by Gasteiger charge is 2.29. The summed E-state index contributed by atoms with van der Waals surface area (Å²) in [6.07, 6.45) is 0. The molecule has 0 aromatic heterocycles. The van der Waals surface area contributed by atoms with Gasteiger partial charge in [-0.3, -0.25) is 0 Å². The lowest BCUT2D eigenvalue weighted by Gasteiger charge is -2.13. The maximum Gasteiger partial charge on any atom is 0.309 e. The fourth-order valence-corrected chi connectivity index (χ4v) is 0.853. The molecule has 0 N–H and O–H groups in total. The van der Waals surface area contributed by atoms with Crippen molar-refractivity contribution >= 4 is 0 Å². The van der Waals surface area contributed by atoms with Crippen molar-refractivity contribution in [3.05, 3.63) is 29.8 Å². The zero-order valence-electron chi connectivity index (χ0n) is 7.71. The lowest BCUT2D eigenvalue weighted by Crippen LogP contribution is -2.27. The number of benzene rings is 1.